The third-order valence-electron chi connectivity index (χ3n) is 4.10. The van der Waals surface area contributed by atoms with Crippen LogP contribution >= 0.6 is 0 Å². The molecule has 0 N–H and O–H groups in total. The summed E-state index contributed by atoms with van der Waals surface area (Å²) in [6.45, 7) is 2.75. The summed E-state index contributed by atoms with van der Waals surface area (Å²) in [5.41, 5.74) is 0.984. The van der Waals surface area contributed by atoms with Crippen molar-refractivity contribution < 1.29 is 14.4 Å². The zero-order valence-corrected chi connectivity index (χ0v) is 11.3. The van der Waals surface area contributed by atoms with Crippen molar-refractivity contribution in [3.05, 3.63) is 35.4 Å². The molecule has 20 heavy (non-hydrogen) atoms. The Morgan fingerprint density at radius 3 is 2.00 bits per heavy atom. The van der Waals surface area contributed by atoms with Crippen molar-refractivity contribution in [2.24, 2.45) is 0 Å². The molecule has 2 aliphatic rings. The lowest BCUT2D eigenvalue weighted by Gasteiger charge is -2.35. The van der Waals surface area contributed by atoms with Crippen LogP contribution in [-0.2, 0) is 4.79 Å². The van der Waals surface area contributed by atoms with Crippen molar-refractivity contribution in [2.75, 3.05) is 13.1 Å². The van der Waals surface area contributed by atoms with Gasteiger partial charge in [0, 0.05) is 26.1 Å². The Hall–Kier alpha value is -2.17. The zero-order valence-electron chi connectivity index (χ0n) is 11.3. The Morgan fingerprint density at radius 2 is 1.55 bits per heavy atom. The van der Waals surface area contributed by atoms with E-state index in [1.807, 2.05) is 0 Å². The standard InChI is InChI=1S/C15H16N2O3/c1-10(18)16-8-6-11(7-9-16)17-14(19)12-4-2-3-5-13(12)15(17)20/h2-5,11H,6-9H2,1H3. The van der Waals surface area contributed by atoms with Crippen molar-refractivity contribution in [2.45, 2.75) is 25.8 Å². The first-order valence-corrected chi connectivity index (χ1v) is 6.82. The van der Waals surface area contributed by atoms with Gasteiger partial charge in [-0.3, -0.25) is 19.3 Å². The number of benzene rings is 1. The minimum Gasteiger partial charge on any atom is -0.343 e. The van der Waals surface area contributed by atoms with Crippen molar-refractivity contribution >= 4 is 17.7 Å². The molecule has 0 aromatic heterocycles. The summed E-state index contributed by atoms with van der Waals surface area (Å²) in [6.07, 6.45) is 1.32. The highest BCUT2D eigenvalue weighted by Gasteiger charge is 2.40. The number of rotatable bonds is 1. The number of hydrogen-bond acceptors (Lipinski definition) is 3. The summed E-state index contributed by atoms with van der Waals surface area (Å²) in [4.78, 5) is 39.1. The first kappa shape index (κ1) is 12.8. The molecule has 1 saturated heterocycles. The van der Waals surface area contributed by atoms with E-state index in [0.29, 0.717) is 37.1 Å². The number of imide groups is 1. The van der Waals surface area contributed by atoms with Gasteiger partial charge >= 0.3 is 0 Å². The van der Waals surface area contributed by atoms with E-state index in [4.69, 9.17) is 0 Å². The maximum atomic E-state index is 12.3. The van der Waals surface area contributed by atoms with Gasteiger partial charge in [-0.15, -0.1) is 0 Å². The Kier molecular flexibility index (Phi) is 3.04. The number of hydrogen-bond donors (Lipinski definition) is 0. The van der Waals surface area contributed by atoms with Gasteiger partial charge < -0.3 is 4.90 Å². The van der Waals surface area contributed by atoms with E-state index in [2.05, 4.69) is 0 Å². The Morgan fingerprint density at radius 1 is 1.05 bits per heavy atom. The molecule has 2 aliphatic heterocycles. The molecule has 104 valence electrons. The Bertz CT molecular complexity index is 554. The summed E-state index contributed by atoms with van der Waals surface area (Å²) >= 11 is 0. The number of piperidine rings is 1. The number of amides is 3. The predicted molar refractivity (Wildman–Crippen MR) is 72.2 cm³/mol. The highest BCUT2D eigenvalue weighted by Crippen LogP contribution is 2.28. The lowest BCUT2D eigenvalue weighted by atomic mass is 10.0. The maximum absolute atomic E-state index is 12.3. The predicted octanol–water partition coefficient (Wildman–Crippen LogP) is 1.29. The highest BCUT2D eigenvalue weighted by atomic mass is 16.2. The van der Waals surface area contributed by atoms with E-state index < -0.39 is 0 Å². The molecule has 5 heteroatoms. The summed E-state index contributed by atoms with van der Waals surface area (Å²) < 4.78 is 0. The van der Waals surface area contributed by atoms with Gasteiger partial charge in [-0.05, 0) is 25.0 Å². The van der Waals surface area contributed by atoms with Crippen molar-refractivity contribution in [1.82, 2.24) is 9.80 Å². The molecule has 2 heterocycles. The second-order valence-electron chi connectivity index (χ2n) is 5.26. The molecule has 1 aromatic rings. The van der Waals surface area contributed by atoms with Crippen LogP contribution in [0.1, 0.15) is 40.5 Å². The van der Waals surface area contributed by atoms with Gasteiger partial charge in [0.25, 0.3) is 11.8 Å². The third kappa shape index (κ3) is 1.90. The van der Waals surface area contributed by atoms with Crippen LogP contribution in [0.3, 0.4) is 0 Å². The largest absolute Gasteiger partial charge is 0.343 e. The van der Waals surface area contributed by atoms with Gasteiger partial charge in [0.15, 0.2) is 0 Å². The minimum atomic E-state index is -0.202. The molecule has 3 amide bonds. The van der Waals surface area contributed by atoms with Crippen LogP contribution in [0.4, 0.5) is 0 Å². The Labute approximate surface area is 117 Å². The van der Waals surface area contributed by atoms with E-state index in [1.165, 1.54) is 4.90 Å². The third-order valence-corrected chi connectivity index (χ3v) is 4.10. The van der Waals surface area contributed by atoms with E-state index >= 15 is 0 Å². The SMILES string of the molecule is CC(=O)N1CCC(N2C(=O)c3ccccc3C2=O)CC1. The zero-order chi connectivity index (χ0) is 14.3. The topological polar surface area (TPSA) is 57.7 Å². The molecule has 0 spiro atoms. The fourth-order valence-corrected chi connectivity index (χ4v) is 2.98. The summed E-state index contributed by atoms with van der Waals surface area (Å²) in [7, 11) is 0. The van der Waals surface area contributed by atoms with Crippen LogP contribution in [0.15, 0.2) is 24.3 Å². The average molecular weight is 272 g/mol. The van der Waals surface area contributed by atoms with Crippen molar-refractivity contribution in [3.63, 3.8) is 0 Å². The van der Waals surface area contributed by atoms with Gasteiger partial charge in [-0.2, -0.15) is 0 Å². The van der Waals surface area contributed by atoms with Crippen LogP contribution in [0, 0.1) is 0 Å². The molecule has 5 nitrogen and oxygen atoms in total. The summed E-state index contributed by atoms with van der Waals surface area (Å²) in [6, 6.07) is 6.83. The molecule has 0 aliphatic carbocycles. The molecule has 3 rings (SSSR count). The number of nitrogens with zero attached hydrogens (tertiary/aromatic N) is 2. The molecular weight excluding hydrogens is 256 g/mol. The average Bonchev–Trinajstić information content (AvgIpc) is 2.72. The second-order valence-corrected chi connectivity index (χ2v) is 5.26. The summed E-state index contributed by atoms with van der Waals surface area (Å²) in [5.74, 6) is -0.357. The number of carbonyl (C=O) groups is 3. The normalized spacial score (nSPS) is 19.4. The van der Waals surface area contributed by atoms with Crippen LogP contribution in [-0.4, -0.2) is 46.7 Å². The Balaban J connectivity index is 1.79. The molecular formula is C15H16N2O3. The second kappa shape index (κ2) is 4.74. The van der Waals surface area contributed by atoms with Crippen LogP contribution in [0.2, 0.25) is 0 Å². The first-order chi connectivity index (χ1) is 9.59. The first-order valence-electron chi connectivity index (χ1n) is 6.82. The minimum absolute atomic E-state index is 0.0470. The lowest BCUT2D eigenvalue weighted by Crippen LogP contribution is -2.48. The van der Waals surface area contributed by atoms with Gasteiger partial charge in [0.2, 0.25) is 5.91 Å². The van der Waals surface area contributed by atoms with Crippen molar-refractivity contribution in [3.8, 4) is 0 Å². The summed E-state index contributed by atoms with van der Waals surface area (Å²) in [5, 5.41) is 0. The monoisotopic (exact) mass is 272 g/mol. The van der Waals surface area contributed by atoms with E-state index in [9.17, 15) is 14.4 Å². The van der Waals surface area contributed by atoms with E-state index in [-0.39, 0.29) is 23.8 Å². The number of carbonyl (C=O) groups excluding carboxylic acids is 3. The number of fused-ring (bicyclic) bond motifs is 1. The molecule has 1 fully saturated rings. The number of likely N-dealkylation sites (tertiary alicyclic amines) is 1. The van der Waals surface area contributed by atoms with Crippen LogP contribution < -0.4 is 0 Å². The lowest BCUT2D eigenvalue weighted by molar-refractivity contribution is -0.130. The fourth-order valence-electron chi connectivity index (χ4n) is 2.98. The molecule has 0 saturated carbocycles. The van der Waals surface area contributed by atoms with E-state index in [1.54, 1.807) is 36.1 Å². The van der Waals surface area contributed by atoms with Gasteiger partial charge in [0.1, 0.15) is 0 Å². The van der Waals surface area contributed by atoms with Gasteiger partial charge in [-0.1, -0.05) is 12.1 Å². The molecule has 0 unspecified atom stereocenters. The van der Waals surface area contributed by atoms with Crippen molar-refractivity contribution in [1.29, 1.82) is 0 Å². The maximum Gasteiger partial charge on any atom is 0.261 e. The molecule has 0 atom stereocenters. The molecule has 0 radical (unpaired) electrons. The smallest absolute Gasteiger partial charge is 0.261 e. The fraction of sp³-hybridized carbons (Fsp3) is 0.400. The van der Waals surface area contributed by atoms with Crippen LogP contribution in [0.25, 0.3) is 0 Å². The molecule has 1 aromatic carbocycles. The highest BCUT2D eigenvalue weighted by molar-refractivity contribution is 6.21. The quantitative estimate of drug-likeness (QED) is 0.724. The molecule has 0 bridgehead atoms. The van der Waals surface area contributed by atoms with E-state index in [0.717, 1.165) is 0 Å². The van der Waals surface area contributed by atoms with Crippen LogP contribution in [0.5, 0.6) is 0 Å². The van der Waals surface area contributed by atoms with Gasteiger partial charge in [0.05, 0.1) is 11.1 Å². The van der Waals surface area contributed by atoms with Gasteiger partial charge in [-0.25, -0.2) is 0 Å².